The summed E-state index contributed by atoms with van der Waals surface area (Å²) in [7, 11) is 1.27. The fourth-order valence-electron chi connectivity index (χ4n) is 1.69. The molecule has 1 atom stereocenters. The van der Waals surface area contributed by atoms with Gasteiger partial charge in [0.15, 0.2) is 0 Å². The Balaban J connectivity index is 0.00000361. The van der Waals surface area contributed by atoms with Crippen LogP contribution in [0.2, 0.25) is 0 Å². The Hall–Kier alpha value is -1.40. The van der Waals surface area contributed by atoms with Crippen LogP contribution in [-0.4, -0.2) is 19.7 Å². The van der Waals surface area contributed by atoms with Gasteiger partial charge in [-0.1, -0.05) is 12.1 Å². The Kier molecular flexibility index (Phi) is 6.88. The van der Waals surface area contributed by atoms with Crippen LogP contribution in [0.25, 0.3) is 0 Å². The van der Waals surface area contributed by atoms with Gasteiger partial charge in [-0.2, -0.15) is 8.78 Å². The number of carbonyl (C=O) groups excluding carboxylic acids is 1. The van der Waals surface area contributed by atoms with Crippen molar-refractivity contribution in [2.24, 2.45) is 11.1 Å². The van der Waals surface area contributed by atoms with Gasteiger partial charge in [0.1, 0.15) is 5.75 Å². The van der Waals surface area contributed by atoms with Crippen LogP contribution in [0.15, 0.2) is 24.3 Å². The number of benzene rings is 1. The molecule has 0 aliphatic carbocycles. The molecule has 0 aromatic heterocycles. The Labute approximate surface area is 122 Å². The molecule has 7 heteroatoms. The van der Waals surface area contributed by atoms with Crippen molar-refractivity contribution in [3.05, 3.63) is 29.8 Å². The van der Waals surface area contributed by atoms with Crippen molar-refractivity contribution in [2.75, 3.05) is 7.11 Å². The van der Waals surface area contributed by atoms with E-state index in [2.05, 4.69) is 9.47 Å². The third kappa shape index (κ3) is 4.31. The van der Waals surface area contributed by atoms with E-state index in [0.29, 0.717) is 5.56 Å². The molecule has 0 aliphatic heterocycles. The van der Waals surface area contributed by atoms with Gasteiger partial charge in [-0.25, -0.2) is 0 Å². The highest BCUT2D eigenvalue weighted by Crippen LogP contribution is 2.33. The van der Waals surface area contributed by atoms with E-state index < -0.39 is 24.0 Å². The monoisotopic (exact) mass is 309 g/mol. The quantitative estimate of drug-likeness (QED) is 0.850. The Bertz CT molecular complexity index is 455. The largest absolute Gasteiger partial charge is 0.469 e. The average molecular weight is 310 g/mol. The number of hydrogen-bond acceptors (Lipinski definition) is 4. The number of hydrogen-bond donors (Lipinski definition) is 1. The zero-order valence-electron chi connectivity index (χ0n) is 11.4. The minimum Gasteiger partial charge on any atom is -0.469 e. The van der Waals surface area contributed by atoms with Crippen LogP contribution >= 0.6 is 12.4 Å². The number of methoxy groups -OCH3 is 1. The maximum atomic E-state index is 12.1. The van der Waals surface area contributed by atoms with E-state index in [4.69, 9.17) is 5.73 Å². The molecule has 4 nitrogen and oxygen atoms in total. The predicted molar refractivity (Wildman–Crippen MR) is 73.0 cm³/mol. The van der Waals surface area contributed by atoms with Crippen LogP contribution in [0.3, 0.4) is 0 Å². The topological polar surface area (TPSA) is 61.5 Å². The van der Waals surface area contributed by atoms with Crippen LogP contribution in [0.1, 0.15) is 25.5 Å². The van der Waals surface area contributed by atoms with E-state index in [1.807, 2.05) is 0 Å². The molecule has 0 radical (unpaired) electrons. The molecule has 0 aliphatic rings. The van der Waals surface area contributed by atoms with Crippen LogP contribution in [-0.2, 0) is 9.53 Å². The maximum absolute atomic E-state index is 12.1. The summed E-state index contributed by atoms with van der Waals surface area (Å²) in [5, 5.41) is 0. The molecule has 20 heavy (non-hydrogen) atoms. The molecule has 1 aromatic carbocycles. The number of rotatable bonds is 5. The highest BCUT2D eigenvalue weighted by atomic mass is 35.5. The lowest BCUT2D eigenvalue weighted by Crippen LogP contribution is -2.37. The smallest absolute Gasteiger partial charge is 0.387 e. The molecule has 0 amide bonds. The second-order valence-electron chi connectivity index (χ2n) is 4.64. The summed E-state index contributed by atoms with van der Waals surface area (Å²) >= 11 is 0. The molecule has 0 saturated carbocycles. The first-order valence-corrected chi connectivity index (χ1v) is 5.67. The third-order valence-corrected chi connectivity index (χ3v) is 2.93. The van der Waals surface area contributed by atoms with Gasteiger partial charge in [0.2, 0.25) is 0 Å². The van der Waals surface area contributed by atoms with E-state index in [-0.39, 0.29) is 18.2 Å². The Morgan fingerprint density at radius 3 is 2.45 bits per heavy atom. The van der Waals surface area contributed by atoms with Crippen LogP contribution in [0, 0.1) is 5.41 Å². The van der Waals surface area contributed by atoms with Crippen molar-refractivity contribution in [3.8, 4) is 5.75 Å². The Morgan fingerprint density at radius 2 is 1.95 bits per heavy atom. The number of halogens is 3. The minimum atomic E-state index is -2.90. The normalized spacial score (nSPS) is 12.6. The van der Waals surface area contributed by atoms with Crippen molar-refractivity contribution in [2.45, 2.75) is 26.5 Å². The predicted octanol–water partition coefficient (Wildman–Crippen LogP) is 2.91. The summed E-state index contributed by atoms with van der Waals surface area (Å²) < 4.78 is 33.3. The van der Waals surface area contributed by atoms with Gasteiger partial charge >= 0.3 is 12.6 Å². The van der Waals surface area contributed by atoms with Crippen molar-refractivity contribution >= 4 is 18.4 Å². The van der Waals surface area contributed by atoms with Gasteiger partial charge in [-0.15, -0.1) is 12.4 Å². The van der Waals surface area contributed by atoms with Crippen LogP contribution in [0.4, 0.5) is 8.78 Å². The SMILES string of the molecule is COC(=O)C(C)(C)[C@@H](N)c1cccc(OC(F)F)c1.Cl. The molecular formula is C13H18ClF2NO3. The standard InChI is InChI=1S/C13H17F2NO3.ClH/c1-13(2,11(17)18-3)10(16)8-5-4-6-9(7-8)19-12(14)15;/h4-7,10,12H,16H2,1-3H3;1H/t10-;/m0./s1. The van der Waals surface area contributed by atoms with Crippen molar-refractivity contribution in [1.29, 1.82) is 0 Å². The van der Waals surface area contributed by atoms with Gasteiger partial charge in [0.05, 0.1) is 12.5 Å². The zero-order chi connectivity index (χ0) is 14.6. The molecule has 0 unspecified atom stereocenters. The molecule has 0 heterocycles. The number of carbonyl (C=O) groups is 1. The lowest BCUT2D eigenvalue weighted by Gasteiger charge is -2.29. The number of nitrogens with two attached hydrogens (primary N) is 1. The second-order valence-corrected chi connectivity index (χ2v) is 4.64. The molecule has 1 rings (SSSR count). The summed E-state index contributed by atoms with van der Waals surface area (Å²) in [6.45, 7) is 0.356. The van der Waals surface area contributed by atoms with E-state index in [1.165, 1.54) is 19.2 Å². The van der Waals surface area contributed by atoms with E-state index >= 15 is 0 Å². The van der Waals surface area contributed by atoms with E-state index in [1.54, 1.807) is 26.0 Å². The lowest BCUT2D eigenvalue weighted by molar-refractivity contribution is -0.152. The van der Waals surface area contributed by atoms with E-state index in [9.17, 15) is 13.6 Å². The first-order valence-electron chi connectivity index (χ1n) is 5.67. The first kappa shape index (κ1) is 18.6. The van der Waals surface area contributed by atoms with Gasteiger partial charge < -0.3 is 15.2 Å². The highest BCUT2D eigenvalue weighted by Gasteiger charge is 2.36. The van der Waals surface area contributed by atoms with Crippen molar-refractivity contribution in [3.63, 3.8) is 0 Å². The lowest BCUT2D eigenvalue weighted by atomic mass is 9.81. The van der Waals surface area contributed by atoms with Crippen LogP contribution < -0.4 is 10.5 Å². The minimum absolute atomic E-state index is 0. The van der Waals surface area contributed by atoms with Gasteiger partial charge in [-0.3, -0.25) is 4.79 Å². The Morgan fingerprint density at radius 1 is 1.35 bits per heavy atom. The molecule has 2 N–H and O–H groups in total. The molecule has 0 fully saturated rings. The van der Waals surface area contributed by atoms with Gasteiger partial charge in [0.25, 0.3) is 0 Å². The average Bonchev–Trinajstić information content (AvgIpc) is 2.36. The molecule has 0 saturated heterocycles. The first-order chi connectivity index (χ1) is 8.78. The summed E-state index contributed by atoms with van der Waals surface area (Å²) in [6.07, 6.45) is 0. The van der Waals surface area contributed by atoms with Crippen molar-refractivity contribution in [1.82, 2.24) is 0 Å². The zero-order valence-corrected chi connectivity index (χ0v) is 12.2. The number of alkyl halides is 2. The molecular weight excluding hydrogens is 292 g/mol. The molecule has 114 valence electrons. The second kappa shape index (κ2) is 7.40. The fraction of sp³-hybridized carbons (Fsp3) is 0.462. The van der Waals surface area contributed by atoms with Gasteiger partial charge in [0, 0.05) is 6.04 Å². The summed E-state index contributed by atoms with van der Waals surface area (Å²) in [4.78, 5) is 11.7. The number of esters is 1. The highest BCUT2D eigenvalue weighted by molar-refractivity contribution is 5.85. The summed E-state index contributed by atoms with van der Waals surface area (Å²) in [6, 6.07) is 5.28. The molecule has 0 bridgehead atoms. The summed E-state index contributed by atoms with van der Waals surface area (Å²) in [5.41, 5.74) is 5.55. The maximum Gasteiger partial charge on any atom is 0.387 e. The fourth-order valence-corrected chi connectivity index (χ4v) is 1.69. The third-order valence-electron chi connectivity index (χ3n) is 2.93. The van der Waals surface area contributed by atoms with Gasteiger partial charge in [-0.05, 0) is 31.5 Å². The van der Waals surface area contributed by atoms with Crippen molar-refractivity contribution < 1.29 is 23.0 Å². The number of ether oxygens (including phenoxy) is 2. The summed E-state index contributed by atoms with van der Waals surface area (Å²) in [5.74, 6) is -0.469. The van der Waals surface area contributed by atoms with E-state index in [0.717, 1.165) is 0 Å². The molecule has 1 aromatic rings. The molecule has 0 spiro atoms. The van der Waals surface area contributed by atoms with Crippen LogP contribution in [0.5, 0.6) is 5.75 Å².